The van der Waals surface area contributed by atoms with Gasteiger partial charge < -0.3 is 0 Å². The zero-order chi connectivity index (χ0) is 12.8. The predicted octanol–water partition coefficient (Wildman–Crippen LogP) is 5.20. The first-order valence-corrected chi connectivity index (χ1v) is 9.36. The third kappa shape index (κ3) is 6.80. The zero-order valence-corrected chi connectivity index (χ0v) is 18.2. The van der Waals surface area contributed by atoms with Gasteiger partial charge in [-0.25, -0.2) is 0 Å². The SMILES string of the molecule is Cl.ClCCN(CCCl)Cc1cc(I)c(I)c(I)c1. The molecule has 1 rings (SSSR count). The van der Waals surface area contributed by atoms with Gasteiger partial charge in [-0.2, -0.15) is 0 Å². The highest BCUT2D eigenvalue weighted by atomic mass is 127. The van der Waals surface area contributed by atoms with Crippen molar-refractivity contribution in [3.05, 3.63) is 28.4 Å². The maximum atomic E-state index is 5.80. The Morgan fingerprint density at radius 1 is 0.944 bits per heavy atom. The van der Waals surface area contributed by atoms with Crippen LogP contribution in [-0.2, 0) is 6.54 Å². The van der Waals surface area contributed by atoms with Gasteiger partial charge >= 0.3 is 0 Å². The van der Waals surface area contributed by atoms with E-state index < -0.39 is 0 Å². The second-order valence-corrected chi connectivity index (χ2v) is 7.69. The molecule has 1 nitrogen and oxygen atoms in total. The Morgan fingerprint density at radius 2 is 1.39 bits per heavy atom. The Morgan fingerprint density at radius 3 is 1.78 bits per heavy atom. The first-order chi connectivity index (χ1) is 8.08. The Kier molecular flexibility index (Phi) is 12.2. The zero-order valence-electron chi connectivity index (χ0n) is 9.44. The Balaban J connectivity index is 0.00000289. The molecule has 0 aliphatic carbocycles. The largest absolute Gasteiger partial charge is 0.297 e. The van der Waals surface area contributed by atoms with Crippen molar-refractivity contribution in [2.45, 2.75) is 6.54 Å². The number of hydrogen-bond acceptors (Lipinski definition) is 1. The number of benzene rings is 1. The lowest BCUT2D eigenvalue weighted by Gasteiger charge is -2.20. The quantitative estimate of drug-likeness (QED) is 0.234. The number of nitrogens with zero attached hydrogens (tertiary/aromatic N) is 1. The molecule has 0 N–H and O–H groups in total. The summed E-state index contributed by atoms with van der Waals surface area (Å²) in [5.74, 6) is 1.30. The van der Waals surface area contributed by atoms with Gasteiger partial charge in [0.05, 0.1) is 0 Å². The molecule has 0 spiro atoms. The minimum absolute atomic E-state index is 0. The van der Waals surface area contributed by atoms with Gasteiger partial charge in [0.1, 0.15) is 0 Å². The average Bonchev–Trinajstić information content (AvgIpc) is 2.26. The Hall–Kier alpha value is 2.24. The summed E-state index contributed by atoms with van der Waals surface area (Å²) >= 11 is 18.7. The summed E-state index contributed by atoms with van der Waals surface area (Å²) in [5.41, 5.74) is 1.33. The van der Waals surface area contributed by atoms with Crippen LogP contribution in [0.15, 0.2) is 12.1 Å². The molecule has 0 aromatic heterocycles. The number of rotatable bonds is 6. The van der Waals surface area contributed by atoms with Crippen LogP contribution in [0.4, 0.5) is 0 Å². The third-order valence-electron chi connectivity index (χ3n) is 2.25. The van der Waals surface area contributed by atoms with Crippen LogP contribution >= 0.6 is 103 Å². The molecule has 1 aromatic rings. The van der Waals surface area contributed by atoms with Crippen LogP contribution in [0.5, 0.6) is 0 Å². The lowest BCUT2D eigenvalue weighted by molar-refractivity contribution is 0.299. The monoisotopic (exact) mass is 645 g/mol. The van der Waals surface area contributed by atoms with E-state index in [0.29, 0.717) is 11.8 Å². The topological polar surface area (TPSA) is 3.24 Å². The summed E-state index contributed by atoms with van der Waals surface area (Å²) in [6.07, 6.45) is 0. The predicted molar refractivity (Wildman–Crippen MR) is 109 cm³/mol. The molecule has 0 radical (unpaired) electrons. The van der Waals surface area contributed by atoms with E-state index in [2.05, 4.69) is 84.8 Å². The van der Waals surface area contributed by atoms with Crippen LogP contribution < -0.4 is 0 Å². The fraction of sp³-hybridized carbons (Fsp3) is 0.455. The molecule has 104 valence electrons. The normalized spacial score (nSPS) is 10.6. The fourth-order valence-electron chi connectivity index (χ4n) is 1.47. The van der Waals surface area contributed by atoms with E-state index >= 15 is 0 Å². The van der Waals surface area contributed by atoms with E-state index in [1.54, 1.807) is 0 Å². The highest BCUT2D eigenvalue weighted by Crippen LogP contribution is 2.23. The van der Waals surface area contributed by atoms with E-state index in [0.717, 1.165) is 19.6 Å². The molecule has 0 aliphatic heterocycles. The molecular formula is C11H13Cl3I3N. The van der Waals surface area contributed by atoms with Crippen LogP contribution in [0.1, 0.15) is 5.56 Å². The molecule has 0 atom stereocenters. The maximum absolute atomic E-state index is 5.80. The number of hydrogen-bond donors (Lipinski definition) is 0. The minimum atomic E-state index is 0. The van der Waals surface area contributed by atoms with Crippen molar-refractivity contribution in [2.24, 2.45) is 0 Å². The van der Waals surface area contributed by atoms with Gasteiger partial charge in [-0.05, 0) is 85.5 Å². The number of alkyl halides is 2. The van der Waals surface area contributed by atoms with Crippen molar-refractivity contribution in [3.63, 3.8) is 0 Å². The van der Waals surface area contributed by atoms with Crippen LogP contribution in [0.2, 0.25) is 0 Å². The molecule has 0 saturated carbocycles. The maximum Gasteiger partial charge on any atom is 0.0397 e. The van der Waals surface area contributed by atoms with Crippen LogP contribution in [0.25, 0.3) is 0 Å². The van der Waals surface area contributed by atoms with Crippen LogP contribution in [-0.4, -0.2) is 29.7 Å². The van der Waals surface area contributed by atoms with Crippen molar-refractivity contribution < 1.29 is 0 Å². The highest BCUT2D eigenvalue weighted by molar-refractivity contribution is 14.1. The van der Waals surface area contributed by atoms with Gasteiger partial charge in [-0.3, -0.25) is 4.90 Å². The third-order valence-corrected chi connectivity index (χ3v) is 7.52. The molecule has 7 heteroatoms. The molecule has 0 unspecified atom stereocenters. The van der Waals surface area contributed by atoms with Gasteiger partial charge in [-0.1, -0.05) is 0 Å². The van der Waals surface area contributed by atoms with E-state index in [1.165, 1.54) is 16.3 Å². The molecule has 0 saturated heterocycles. The summed E-state index contributed by atoms with van der Waals surface area (Å²) in [6, 6.07) is 4.47. The molecule has 0 fully saturated rings. The van der Waals surface area contributed by atoms with E-state index in [9.17, 15) is 0 Å². The molecular weight excluding hydrogens is 633 g/mol. The molecule has 18 heavy (non-hydrogen) atoms. The number of halogens is 6. The minimum Gasteiger partial charge on any atom is -0.297 e. The molecule has 0 aliphatic rings. The summed E-state index contributed by atoms with van der Waals surface area (Å²) in [5, 5.41) is 0. The van der Waals surface area contributed by atoms with Crippen molar-refractivity contribution in [3.8, 4) is 0 Å². The van der Waals surface area contributed by atoms with Crippen molar-refractivity contribution >= 4 is 103 Å². The molecule has 0 amide bonds. The first kappa shape index (κ1) is 20.2. The summed E-state index contributed by atoms with van der Waals surface area (Å²) in [7, 11) is 0. The van der Waals surface area contributed by atoms with Crippen molar-refractivity contribution in [1.82, 2.24) is 4.90 Å². The smallest absolute Gasteiger partial charge is 0.0397 e. The van der Waals surface area contributed by atoms with Gasteiger partial charge in [0, 0.05) is 42.1 Å². The van der Waals surface area contributed by atoms with Crippen molar-refractivity contribution in [1.29, 1.82) is 0 Å². The first-order valence-electron chi connectivity index (χ1n) is 5.06. The van der Waals surface area contributed by atoms with Crippen LogP contribution in [0.3, 0.4) is 0 Å². The molecule has 0 bridgehead atoms. The second-order valence-electron chi connectivity index (χ2n) is 3.53. The van der Waals surface area contributed by atoms with Gasteiger partial charge in [0.2, 0.25) is 0 Å². The Bertz CT molecular complexity index is 348. The van der Waals surface area contributed by atoms with Crippen molar-refractivity contribution in [2.75, 3.05) is 24.8 Å². The van der Waals surface area contributed by atoms with E-state index in [-0.39, 0.29) is 12.4 Å². The highest BCUT2D eigenvalue weighted by Gasteiger charge is 2.08. The van der Waals surface area contributed by atoms with Gasteiger partial charge in [0.25, 0.3) is 0 Å². The van der Waals surface area contributed by atoms with E-state index in [4.69, 9.17) is 23.2 Å². The van der Waals surface area contributed by atoms with E-state index in [1.807, 2.05) is 0 Å². The fourth-order valence-corrected chi connectivity index (χ4v) is 4.15. The summed E-state index contributed by atoms with van der Waals surface area (Å²) < 4.78 is 3.94. The summed E-state index contributed by atoms with van der Waals surface area (Å²) in [6.45, 7) is 2.68. The lowest BCUT2D eigenvalue weighted by atomic mass is 10.2. The summed E-state index contributed by atoms with van der Waals surface area (Å²) in [4.78, 5) is 2.29. The van der Waals surface area contributed by atoms with Gasteiger partial charge in [-0.15, -0.1) is 35.6 Å². The standard InChI is InChI=1S/C11H12Cl2I3N.ClH/c12-1-3-17(4-2-13)7-8-5-9(14)11(16)10(15)6-8;/h5-6H,1-4,7H2;1H. The second kappa shape index (κ2) is 10.9. The average molecular weight is 646 g/mol. The molecule has 1 aromatic carbocycles. The van der Waals surface area contributed by atoms with Gasteiger partial charge in [0.15, 0.2) is 0 Å². The van der Waals surface area contributed by atoms with Crippen LogP contribution in [0, 0.1) is 10.7 Å². The molecule has 0 heterocycles. The lowest BCUT2D eigenvalue weighted by Crippen LogP contribution is -2.27. The Labute approximate surface area is 166 Å².